The molecule has 7 fully saturated rings. The summed E-state index contributed by atoms with van der Waals surface area (Å²) in [6, 6.07) is -0.526. The maximum absolute atomic E-state index is 15.4. The van der Waals surface area contributed by atoms with E-state index in [2.05, 4.69) is 36.1 Å². The van der Waals surface area contributed by atoms with Gasteiger partial charge in [-0.1, -0.05) is 0 Å². The highest BCUT2D eigenvalue weighted by molar-refractivity contribution is 5.81. The Kier molecular flexibility index (Phi) is 7.87. The van der Waals surface area contributed by atoms with Gasteiger partial charge in [-0.15, -0.1) is 0 Å². The number of likely N-dealkylation sites (tertiary alicyclic amines) is 1. The van der Waals surface area contributed by atoms with Crippen LogP contribution < -0.4 is 27.1 Å². The number of amides is 2. The third-order valence-electron chi connectivity index (χ3n) is 9.68. The van der Waals surface area contributed by atoms with E-state index in [1.54, 1.807) is 5.01 Å². The molecule has 7 unspecified atom stereocenters. The first kappa shape index (κ1) is 26.7. The molecule has 0 aliphatic carbocycles. The molecule has 0 radical (unpaired) electrons. The smallest absolute Gasteiger partial charge is 0.229 e. The molecule has 7 heterocycles. The summed E-state index contributed by atoms with van der Waals surface area (Å²) in [6.45, 7) is 6.26. The number of nitrogens with zero attached hydrogens (tertiary/aromatic N) is 4. The predicted molar refractivity (Wildman–Crippen MR) is 137 cm³/mol. The Morgan fingerprint density at radius 2 is 1.68 bits per heavy atom. The first-order valence-corrected chi connectivity index (χ1v) is 14.5. The summed E-state index contributed by atoms with van der Waals surface area (Å²) in [5, 5.41) is 10.9. The lowest BCUT2D eigenvalue weighted by Gasteiger charge is -2.45. The van der Waals surface area contributed by atoms with E-state index in [1.807, 2.05) is 0 Å². The van der Waals surface area contributed by atoms with Crippen molar-refractivity contribution in [2.24, 2.45) is 17.6 Å². The Labute approximate surface area is 223 Å². The molecule has 0 aromatic heterocycles. The zero-order chi connectivity index (χ0) is 26.4. The molecule has 2 bridgehead atoms. The van der Waals surface area contributed by atoms with E-state index in [1.165, 1.54) is 0 Å². The standard InChI is InChI=1S/C25H43F2N9O2/c26-16-11-30-23-20(22(28)32-36(23)14-16)24(37)31-19-13-29-12-18(27)21(19)34-7-1-15(2-8-34)25(38)35-10-9-33-5-3-17(35)4-6-33/h15-23,29-30,32H,1-14,28H2,(H,31,37). The van der Waals surface area contributed by atoms with Crippen LogP contribution in [-0.4, -0.2) is 140 Å². The first-order valence-electron chi connectivity index (χ1n) is 14.5. The van der Waals surface area contributed by atoms with E-state index in [0.717, 1.165) is 39.0 Å². The minimum atomic E-state index is -1.14. The lowest BCUT2D eigenvalue weighted by Crippen LogP contribution is -2.67. The van der Waals surface area contributed by atoms with E-state index in [0.29, 0.717) is 38.5 Å². The van der Waals surface area contributed by atoms with Crippen molar-refractivity contribution >= 4 is 11.8 Å². The number of halogens is 2. The summed E-state index contributed by atoms with van der Waals surface area (Å²) < 4.78 is 29.2. The number of hydrogen-bond acceptors (Lipinski definition) is 9. The summed E-state index contributed by atoms with van der Waals surface area (Å²) >= 11 is 0. The number of fused-ring (bicyclic) bond motifs is 5. The molecule has 0 saturated carbocycles. The van der Waals surface area contributed by atoms with Crippen molar-refractivity contribution in [1.82, 2.24) is 41.1 Å². The molecule has 6 N–H and O–H groups in total. The molecule has 7 atom stereocenters. The third-order valence-corrected chi connectivity index (χ3v) is 9.68. The Hall–Kier alpha value is -1.48. The predicted octanol–water partition coefficient (Wildman–Crippen LogP) is -2.21. The van der Waals surface area contributed by atoms with Gasteiger partial charge in [0.2, 0.25) is 11.8 Å². The van der Waals surface area contributed by atoms with Gasteiger partial charge in [-0.25, -0.2) is 19.2 Å². The van der Waals surface area contributed by atoms with E-state index >= 15 is 4.39 Å². The second-order valence-electron chi connectivity index (χ2n) is 12.0. The normalized spacial score (nSPS) is 43.0. The number of hydrogen-bond donors (Lipinski definition) is 5. The van der Waals surface area contributed by atoms with Crippen molar-refractivity contribution in [3.05, 3.63) is 0 Å². The molecule has 38 heavy (non-hydrogen) atoms. The monoisotopic (exact) mass is 539 g/mol. The van der Waals surface area contributed by atoms with Crippen LogP contribution in [0.4, 0.5) is 8.78 Å². The highest BCUT2D eigenvalue weighted by Gasteiger charge is 2.49. The Balaban J connectivity index is 1.07. The molecule has 11 nitrogen and oxygen atoms in total. The zero-order valence-electron chi connectivity index (χ0n) is 22.0. The molecule has 0 aromatic rings. The average molecular weight is 540 g/mol. The minimum absolute atomic E-state index is 0.0172. The summed E-state index contributed by atoms with van der Waals surface area (Å²) in [6.07, 6.45) is 0.331. The van der Waals surface area contributed by atoms with E-state index in [9.17, 15) is 14.0 Å². The second-order valence-corrected chi connectivity index (χ2v) is 12.0. The number of carbonyl (C=O) groups is 2. The molecule has 7 aliphatic heterocycles. The van der Waals surface area contributed by atoms with Crippen LogP contribution in [0.25, 0.3) is 0 Å². The molecular weight excluding hydrogens is 496 g/mol. The average Bonchev–Trinajstić information content (AvgIpc) is 3.03. The third kappa shape index (κ3) is 5.18. The van der Waals surface area contributed by atoms with Gasteiger partial charge in [-0.05, 0) is 38.8 Å². The van der Waals surface area contributed by atoms with Crippen LogP contribution in [-0.2, 0) is 9.59 Å². The van der Waals surface area contributed by atoms with Crippen LogP contribution in [0.5, 0.6) is 0 Å². The molecule has 7 rings (SSSR count). The van der Waals surface area contributed by atoms with Gasteiger partial charge in [-0.2, -0.15) is 0 Å². The van der Waals surface area contributed by atoms with Gasteiger partial charge in [0, 0.05) is 64.3 Å². The van der Waals surface area contributed by atoms with Crippen molar-refractivity contribution in [1.29, 1.82) is 0 Å². The summed E-state index contributed by atoms with van der Waals surface area (Å²) in [5.41, 5.74) is 9.22. The highest BCUT2D eigenvalue weighted by Crippen LogP contribution is 2.29. The summed E-state index contributed by atoms with van der Waals surface area (Å²) in [4.78, 5) is 33.6. The molecule has 7 saturated heterocycles. The number of piperidine rings is 3. The highest BCUT2D eigenvalue weighted by atomic mass is 19.1. The number of alkyl halides is 2. The summed E-state index contributed by atoms with van der Waals surface area (Å²) in [7, 11) is 0. The summed E-state index contributed by atoms with van der Waals surface area (Å²) in [5.74, 6) is -0.624. The number of nitrogens with one attached hydrogen (secondary N) is 4. The zero-order valence-corrected chi connectivity index (χ0v) is 22.0. The van der Waals surface area contributed by atoms with Crippen LogP contribution in [0.15, 0.2) is 0 Å². The molecule has 13 heteroatoms. The van der Waals surface area contributed by atoms with Crippen molar-refractivity contribution < 1.29 is 18.4 Å². The van der Waals surface area contributed by atoms with Gasteiger partial charge < -0.3 is 26.2 Å². The molecule has 7 aliphatic rings. The van der Waals surface area contributed by atoms with E-state index < -0.39 is 42.7 Å². The van der Waals surface area contributed by atoms with Crippen molar-refractivity contribution in [2.45, 2.75) is 68.5 Å². The lowest BCUT2D eigenvalue weighted by atomic mass is 9.89. The van der Waals surface area contributed by atoms with Crippen LogP contribution in [0.1, 0.15) is 25.7 Å². The number of carbonyl (C=O) groups excluding carboxylic acids is 2. The van der Waals surface area contributed by atoms with Gasteiger partial charge in [0.1, 0.15) is 12.3 Å². The van der Waals surface area contributed by atoms with Gasteiger partial charge >= 0.3 is 0 Å². The van der Waals surface area contributed by atoms with E-state index in [-0.39, 0.29) is 37.4 Å². The van der Waals surface area contributed by atoms with E-state index in [4.69, 9.17) is 5.73 Å². The molecule has 0 aromatic carbocycles. The molecule has 214 valence electrons. The topological polar surface area (TPSA) is 121 Å². The number of rotatable bonds is 4. The number of hydrazine groups is 1. The minimum Gasteiger partial charge on any atom is -0.350 e. The fourth-order valence-electron chi connectivity index (χ4n) is 7.60. The Morgan fingerprint density at radius 3 is 2.45 bits per heavy atom. The van der Waals surface area contributed by atoms with Gasteiger partial charge in [0.15, 0.2) is 0 Å². The SMILES string of the molecule is NC1NN2CC(F)CNC2C1C(=O)NC1CNCC(F)C1N1CCC(C(=O)N2CCN3CCC2CC3)CC1. The second kappa shape index (κ2) is 11.2. The van der Waals surface area contributed by atoms with Crippen LogP contribution in [0, 0.1) is 11.8 Å². The van der Waals surface area contributed by atoms with Crippen molar-refractivity contribution in [3.8, 4) is 0 Å². The Morgan fingerprint density at radius 1 is 0.921 bits per heavy atom. The van der Waals surface area contributed by atoms with Gasteiger partial charge in [0.25, 0.3) is 0 Å². The largest absolute Gasteiger partial charge is 0.350 e. The quantitative estimate of drug-likeness (QED) is 0.271. The van der Waals surface area contributed by atoms with Gasteiger partial charge in [0.05, 0.1) is 30.3 Å². The maximum Gasteiger partial charge on any atom is 0.229 e. The lowest BCUT2D eigenvalue weighted by molar-refractivity contribution is -0.139. The van der Waals surface area contributed by atoms with Crippen LogP contribution in [0.3, 0.4) is 0 Å². The van der Waals surface area contributed by atoms with Gasteiger partial charge in [-0.3, -0.25) is 19.8 Å². The van der Waals surface area contributed by atoms with Crippen LogP contribution in [0.2, 0.25) is 0 Å². The Bertz CT molecular complexity index is 870. The molecular formula is C25H43F2N9O2. The fourth-order valence-corrected chi connectivity index (χ4v) is 7.60. The number of nitrogens with two attached hydrogens (primary N) is 1. The first-order chi connectivity index (χ1) is 18.4. The molecule has 2 amide bonds. The fraction of sp³-hybridized carbons (Fsp3) is 0.920. The van der Waals surface area contributed by atoms with Crippen LogP contribution >= 0.6 is 0 Å². The van der Waals surface area contributed by atoms with Crippen molar-refractivity contribution in [3.63, 3.8) is 0 Å². The molecule has 0 spiro atoms. The van der Waals surface area contributed by atoms with Crippen molar-refractivity contribution in [2.75, 3.05) is 65.4 Å². The maximum atomic E-state index is 15.4.